The molecule has 1 aromatic carbocycles. The summed E-state index contributed by atoms with van der Waals surface area (Å²) in [6, 6.07) is 9.85. The van der Waals surface area contributed by atoms with Gasteiger partial charge in [0.05, 0.1) is 6.54 Å². The van der Waals surface area contributed by atoms with Crippen molar-refractivity contribution in [1.82, 2.24) is 9.80 Å². The van der Waals surface area contributed by atoms with Crippen LogP contribution in [-0.4, -0.2) is 41.8 Å². The number of rotatable bonds is 7. The average Bonchev–Trinajstić information content (AvgIpc) is 2.43. The maximum absolute atomic E-state index is 12.2. The molecule has 0 N–H and O–H groups in total. The number of hydrogen-bond acceptors (Lipinski definition) is 2. The summed E-state index contributed by atoms with van der Waals surface area (Å²) in [6.07, 6.45) is 0.912. The molecule has 116 valence electrons. The molecule has 1 rings (SSSR count). The summed E-state index contributed by atoms with van der Waals surface area (Å²) in [5, 5.41) is 0. The highest BCUT2D eigenvalue weighted by atomic mass is 16.2. The molecule has 0 aliphatic carbocycles. The monoisotopic (exact) mass is 290 g/mol. The second-order valence-electron chi connectivity index (χ2n) is 5.86. The quantitative estimate of drug-likeness (QED) is 0.774. The van der Waals surface area contributed by atoms with Gasteiger partial charge in [-0.05, 0) is 17.9 Å². The van der Waals surface area contributed by atoms with E-state index in [0.717, 1.165) is 12.0 Å². The van der Waals surface area contributed by atoms with E-state index in [9.17, 15) is 9.59 Å². The molecule has 21 heavy (non-hydrogen) atoms. The Bertz CT molecular complexity index is 457. The first-order valence-electron chi connectivity index (χ1n) is 7.43. The van der Waals surface area contributed by atoms with Crippen molar-refractivity contribution in [3.8, 4) is 0 Å². The molecule has 2 amide bonds. The van der Waals surface area contributed by atoms with Gasteiger partial charge in [-0.15, -0.1) is 0 Å². The lowest BCUT2D eigenvalue weighted by molar-refractivity contribution is -0.139. The smallest absolute Gasteiger partial charge is 0.242 e. The zero-order valence-corrected chi connectivity index (χ0v) is 13.5. The molecule has 0 heterocycles. The Labute approximate surface area is 127 Å². The van der Waals surface area contributed by atoms with Crippen molar-refractivity contribution in [3.05, 3.63) is 35.9 Å². The summed E-state index contributed by atoms with van der Waals surface area (Å²) >= 11 is 0. The normalized spacial score (nSPS) is 10.5. The molecule has 0 radical (unpaired) electrons. The minimum Gasteiger partial charge on any atom is -0.340 e. The van der Waals surface area contributed by atoms with Gasteiger partial charge < -0.3 is 9.80 Å². The molecule has 4 heteroatoms. The minimum absolute atomic E-state index is 0.0298. The van der Waals surface area contributed by atoms with Crippen LogP contribution in [0.15, 0.2) is 30.3 Å². The zero-order valence-electron chi connectivity index (χ0n) is 13.5. The molecule has 0 bridgehead atoms. The minimum atomic E-state index is -0.0443. The molecule has 0 spiro atoms. The van der Waals surface area contributed by atoms with Crippen LogP contribution in [0.2, 0.25) is 0 Å². The van der Waals surface area contributed by atoms with E-state index in [1.165, 1.54) is 6.92 Å². The van der Waals surface area contributed by atoms with Crippen molar-refractivity contribution < 1.29 is 9.59 Å². The van der Waals surface area contributed by atoms with E-state index in [0.29, 0.717) is 19.0 Å². The Morgan fingerprint density at radius 2 is 1.76 bits per heavy atom. The van der Waals surface area contributed by atoms with Crippen LogP contribution in [0.3, 0.4) is 0 Å². The van der Waals surface area contributed by atoms with E-state index in [1.54, 1.807) is 16.8 Å². The molecule has 0 aromatic heterocycles. The molecule has 1 aromatic rings. The zero-order chi connectivity index (χ0) is 15.8. The van der Waals surface area contributed by atoms with E-state index >= 15 is 0 Å². The highest BCUT2D eigenvalue weighted by Crippen LogP contribution is 2.06. The van der Waals surface area contributed by atoms with Gasteiger partial charge in [0.15, 0.2) is 0 Å². The summed E-state index contributed by atoms with van der Waals surface area (Å²) in [5.41, 5.74) is 1.09. The number of amides is 2. The van der Waals surface area contributed by atoms with Crippen molar-refractivity contribution >= 4 is 11.8 Å². The van der Waals surface area contributed by atoms with Crippen LogP contribution in [0.4, 0.5) is 0 Å². The molecule has 0 saturated carbocycles. The summed E-state index contributed by atoms with van der Waals surface area (Å²) in [6.45, 7) is 7.10. The van der Waals surface area contributed by atoms with Crippen LogP contribution in [0.25, 0.3) is 0 Å². The fourth-order valence-corrected chi connectivity index (χ4v) is 1.99. The second-order valence-corrected chi connectivity index (χ2v) is 5.86. The Balaban J connectivity index is 2.54. The maximum Gasteiger partial charge on any atom is 0.242 e. The van der Waals surface area contributed by atoms with Crippen molar-refractivity contribution in [2.75, 3.05) is 20.1 Å². The van der Waals surface area contributed by atoms with Crippen LogP contribution in [0.1, 0.15) is 32.8 Å². The lowest BCUT2D eigenvalue weighted by Gasteiger charge is -2.25. The third-order valence-corrected chi connectivity index (χ3v) is 3.44. The Morgan fingerprint density at radius 3 is 2.29 bits per heavy atom. The standard InChI is InChI=1S/C17H26N2O2/c1-14(2)10-11-19(15(3)20)13-17(21)18(4)12-16-8-6-5-7-9-16/h5-9,14H,10-13H2,1-4H3. The topological polar surface area (TPSA) is 40.6 Å². The lowest BCUT2D eigenvalue weighted by atomic mass is 10.1. The van der Waals surface area contributed by atoms with Crippen LogP contribution in [0, 0.1) is 5.92 Å². The first-order chi connectivity index (χ1) is 9.90. The molecular weight excluding hydrogens is 264 g/mol. The first kappa shape index (κ1) is 17.2. The van der Waals surface area contributed by atoms with Gasteiger partial charge >= 0.3 is 0 Å². The van der Waals surface area contributed by atoms with Crippen LogP contribution in [0.5, 0.6) is 0 Å². The highest BCUT2D eigenvalue weighted by molar-refractivity contribution is 5.83. The third-order valence-electron chi connectivity index (χ3n) is 3.44. The van der Waals surface area contributed by atoms with Crippen molar-refractivity contribution in [3.63, 3.8) is 0 Å². The van der Waals surface area contributed by atoms with Crippen molar-refractivity contribution in [2.24, 2.45) is 5.92 Å². The predicted molar refractivity (Wildman–Crippen MR) is 84.6 cm³/mol. The van der Waals surface area contributed by atoms with Crippen molar-refractivity contribution in [2.45, 2.75) is 33.7 Å². The highest BCUT2D eigenvalue weighted by Gasteiger charge is 2.17. The SMILES string of the molecule is CC(=O)N(CCC(C)C)CC(=O)N(C)Cc1ccccc1. The molecule has 0 aliphatic heterocycles. The Hall–Kier alpha value is -1.84. The summed E-state index contributed by atoms with van der Waals surface area (Å²) < 4.78 is 0. The predicted octanol–water partition coefficient (Wildman–Crippen LogP) is 2.54. The summed E-state index contributed by atoms with van der Waals surface area (Å²) in [7, 11) is 1.77. The fourth-order valence-electron chi connectivity index (χ4n) is 1.99. The van der Waals surface area contributed by atoms with Gasteiger partial charge in [0.25, 0.3) is 0 Å². The number of likely N-dealkylation sites (N-methyl/N-ethyl adjacent to an activating group) is 1. The van der Waals surface area contributed by atoms with E-state index in [1.807, 2.05) is 30.3 Å². The van der Waals surface area contributed by atoms with Gasteiger partial charge in [-0.1, -0.05) is 44.2 Å². The third kappa shape index (κ3) is 6.43. The van der Waals surface area contributed by atoms with Crippen LogP contribution in [-0.2, 0) is 16.1 Å². The number of carbonyl (C=O) groups excluding carboxylic acids is 2. The second kappa shape index (κ2) is 8.45. The van der Waals surface area contributed by atoms with Gasteiger partial charge in [-0.25, -0.2) is 0 Å². The summed E-state index contributed by atoms with van der Waals surface area (Å²) in [5.74, 6) is 0.443. The molecule has 0 saturated heterocycles. The molecule has 0 unspecified atom stereocenters. The van der Waals surface area contributed by atoms with Crippen LogP contribution >= 0.6 is 0 Å². The maximum atomic E-state index is 12.2. The van der Waals surface area contributed by atoms with Gasteiger partial charge in [0.1, 0.15) is 0 Å². The first-order valence-corrected chi connectivity index (χ1v) is 7.43. The molecule has 4 nitrogen and oxygen atoms in total. The van der Waals surface area contributed by atoms with Gasteiger partial charge in [0.2, 0.25) is 11.8 Å². The summed E-state index contributed by atoms with van der Waals surface area (Å²) in [4.78, 5) is 27.2. The van der Waals surface area contributed by atoms with Crippen molar-refractivity contribution in [1.29, 1.82) is 0 Å². The number of nitrogens with zero attached hydrogens (tertiary/aromatic N) is 2. The largest absolute Gasteiger partial charge is 0.340 e. The van der Waals surface area contributed by atoms with Gasteiger partial charge in [-0.2, -0.15) is 0 Å². The molecule has 0 atom stereocenters. The van der Waals surface area contributed by atoms with E-state index < -0.39 is 0 Å². The van der Waals surface area contributed by atoms with E-state index in [4.69, 9.17) is 0 Å². The van der Waals surface area contributed by atoms with Gasteiger partial charge in [-0.3, -0.25) is 9.59 Å². The van der Waals surface area contributed by atoms with E-state index in [-0.39, 0.29) is 18.4 Å². The molecule has 0 aliphatic rings. The lowest BCUT2D eigenvalue weighted by Crippen LogP contribution is -2.41. The average molecular weight is 290 g/mol. The van der Waals surface area contributed by atoms with Crippen LogP contribution < -0.4 is 0 Å². The molecule has 0 fully saturated rings. The number of carbonyl (C=O) groups is 2. The number of benzene rings is 1. The molecular formula is C17H26N2O2. The number of hydrogen-bond donors (Lipinski definition) is 0. The van der Waals surface area contributed by atoms with Gasteiger partial charge in [0, 0.05) is 27.1 Å². The fraction of sp³-hybridized carbons (Fsp3) is 0.529. The Kier molecular flexibility index (Phi) is 6.92. The van der Waals surface area contributed by atoms with E-state index in [2.05, 4.69) is 13.8 Å². The Morgan fingerprint density at radius 1 is 1.14 bits per heavy atom.